The van der Waals surface area contributed by atoms with Crippen molar-refractivity contribution in [3.05, 3.63) is 0 Å². The molecule has 0 aliphatic heterocycles. The van der Waals surface area contributed by atoms with Gasteiger partial charge in [-0.25, -0.2) is 0 Å². The van der Waals surface area contributed by atoms with E-state index >= 15 is 0 Å². The van der Waals surface area contributed by atoms with Crippen molar-refractivity contribution in [3.8, 4) is 0 Å². The lowest BCUT2D eigenvalue weighted by Crippen LogP contribution is -2.47. The van der Waals surface area contributed by atoms with Gasteiger partial charge in [0, 0.05) is 6.92 Å². The van der Waals surface area contributed by atoms with Crippen LogP contribution in [-0.2, 0) is 9.63 Å². The third-order valence-corrected chi connectivity index (χ3v) is 0.318. The van der Waals surface area contributed by atoms with Crippen LogP contribution in [0.25, 0.3) is 0 Å². The lowest BCUT2D eigenvalue weighted by molar-refractivity contribution is -0.151. The second-order valence-electron chi connectivity index (χ2n) is 0.965. The molecule has 6 nitrogen and oxygen atoms in total. The highest BCUT2D eigenvalue weighted by Gasteiger charge is 1.85. The lowest BCUT2D eigenvalue weighted by atomic mass is 10.8. The Bertz CT molecular complexity index is 74.4. The Morgan fingerprint density at radius 1 is 1.75 bits per heavy atom. The molecule has 5 N–H and O–H groups in total. The molecule has 0 rings (SSSR count). The van der Waals surface area contributed by atoms with E-state index in [1.165, 1.54) is 6.92 Å². The summed E-state index contributed by atoms with van der Waals surface area (Å²) in [7, 11) is 0. The minimum Gasteiger partial charge on any atom is -0.355 e. The molecule has 0 spiro atoms. The summed E-state index contributed by atoms with van der Waals surface area (Å²) in [5.41, 5.74) is 6.10. The Morgan fingerprint density at radius 3 is 2.75 bits per heavy atom. The minimum atomic E-state index is -0.451. The molecule has 0 atom stereocenters. The van der Waals surface area contributed by atoms with E-state index in [0.29, 0.717) is 0 Å². The van der Waals surface area contributed by atoms with Gasteiger partial charge < -0.3 is 4.84 Å². The molecule has 0 saturated heterocycles. The van der Waals surface area contributed by atoms with Gasteiger partial charge in [-0.05, 0) is 0 Å². The van der Waals surface area contributed by atoms with Crippen LogP contribution in [0.5, 0.6) is 0 Å². The molecule has 0 amide bonds. The van der Waals surface area contributed by atoms with Gasteiger partial charge in [0.1, 0.15) is 0 Å². The first kappa shape index (κ1) is 7.31. The lowest BCUT2D eigenvalue weighted by Gasteiger charge is -2.00. The van der Waals surface area contributed by atoms with E-state index in [-0.39, 0.29) is 0 Å². The first-order chi connectivity index (χ1) is 3.77. The highest BCUT2D eigenvalue weighted by atomic mass is 16.7. The summed E-state index contributed by atoms with van der Waals surface area (Å²) in [6.45, 7) is 1.26. The van der Waals surface area contributed by atoms with Crippen LogP contribution in [0.15, 0.2) is 0 Å². The quantitative estimate of drug-likeness (QED) is 0.194. The van der Waals surface area contributed by atoms with E-state index in [0.717, 1.165) is 0 Å². The molecule has 0 bridgehead atoms. The second-order valence-corrected chi connectivity index (χ2v) is 0.965. The van der Waals surface area contributed by atoms with E-state index in [1.54, 1.807) is 0 Å². The zero-order chi connectivity index (χ0) is 6.41. The van der Waals surface area contributed by atoms with Gasteiger partial charge in [-0.3, -0.25) is 10.6 Å². The largest absolute Gasteiger partial charge is 0.355 e. The Balaban J connectivity index is 2.82. The van der Waals surface area contributed by atoms with Gasteiger partial charge in [-0.1, -0.05) is 5.59 Å². The zero-order valence-corrected chi connectivity index (χ0v) is 4.39. The fourth-order valence-electron chi connectivity index (χ4n) is 0.127. The number of rotatable bonds is 3. The number of carbonyl (C=O) groups excluding carboxylic acids is 1. The topological polar surface area (TPSA) is 88.4 Å². The molecule has 8 heavy (non-hydrogen) atoms. The number of hydrogen-bond acceptors (Lipinski definition) is 6. The third kappa shape index (κ3) is 5.31. The van der Waals surface area contributed by atoms with E-state index in [4.69, 9.17) is 5.84 Å². The molecule has 0 fully saturated rings. The fraction of sp³-hybridized carbons (Fsp3) is 0.500. The van der Waals surface area contributed by atoms with Gasteiger partial charge in [-0.2, -0.15) is 5.53 Å². The summed E-state index contributed by atoms with van der Waals surface area (Å²) in [6.07, 6.45) is 0. The standard InChI is InChI=1S/C2H8N4O2/c1-2(7)8-6-5-4-3/h4-6H,3H2,1H3. The van der Waals surface area contributed by atoms with Crippen molar-refractivity contribution in [2.24, 2.45) is 5.84 Å². The van der Waals surface area contributed by atoms with Crippen LogP contribution in [0.2, 0.25) is 0 Å². The Morgan fingerprint density at radius 2 is 2.38 bits per heavy atom. The van der Waals surface area contributed by atoms with Crippen LogP contribution in [0.3, 0.4) is 0 Å². The van der Waals surface area contributed by atoms with Crippen LogP contribution >= 0.6 is 0 Å². The molecule has 0 aliphatic rings. The van der Waals surface area contributed by atoms with Gasteiger partial charge in [0.15, 0.2) is 0 Å². The van der Waals surface area contributed by atoms with Gasteiger partial charge in [0.05, 0.1) is 0 Å². The molecule has 0 aliphatic carbocycles. The predicted octanol–water partition coefficient (Wildman–Crippen LogP) is -2.06. The van der Waals surface area contributed by atoms with Crippen LogP contribution in [0.1, 0.15) is 6.92 Å². The van der Waals surface area contributed by atoms with Gasteiger partial charge in [0.2, 0.25) is 0 Å². The van der Waals surface area contributed by atoms with Crippen LogP contribution in [-0.4, -0.2) is 5.97 Å². The summed E-state index contributed by atoms with van der Waals surface area (Å²) in [4.78, 5) is 14.1. The van der Waals surface area contributed by atoms with E-state index in [2.05, 4.69) is 10.4 Å². The average molecular weight is 120 g/mol. The predicted molar refractivity (Wildman–Crippen MR) is 25.4 cm³/mol. The van der Waals surface area contributed by atoms with E-state index in [9.17, 15) is 4.79 Å². The summed E-state index contributed by atoms with van der Waals surface area (Å²) in [5, 5.41) is 0. The number of hydrogen-bond donors (Lipinski definition) is 4. The Labute approximate surface area is 46.2 Å². The maximum atomic E-state index is 9.93. The molecule has 0 radical (unpaired) electrons. The molecule has 0 aromatic heterocycles. The second kappa shape index (κ2) is 4.47. The third-order valence-electron chi connectivity index (χ3n) is 0.318. The zero-order valence-electron chi connectivity index (χ0n) is 4.39. The van der Waals surface area contributed by atoms with Crippen molar-refractivity contribution in [1.82, 2.24) is 16.7 Å². The van der Waals surface area contributed by atoms with Crippen LogP contribution in [0.4, 0.5) is 0 Å². The van der Waals surface area contributed by atoms with E-state index in [1.807, 2.05) is 11.1 Å². The van der Waals surface area contributed by atoms with Crippen LogP contribution in [0, 0.1) is 0 Å². The molecule has 0 aromatic carbocycles. The highest BCUT2D eigenvalue weighted by molar-refractivity contribution is 5.65. The van der Waals surface area contributed by atoms with Crippen molar-refractivity contribution < 1.29 is 9.63 Å². The molecular weight excluding hydrogens is 112 g/mol. The first-order valence-electron chi connectivity index (χ1n) is 1.90. The van der Waals surface area contributed by atoms with Crippen LogP contribution < -0.4 is 22.5 Å². The first-order valence-corrected chi connectivity index (χ1v) is 1.90. The molecule has 0 unspecified atom stereocenters. The van der Waals surface area contributed by atoms with E-state index < -0.39 is 5.97 Å². The van der Waals surface area contributed by atoms with Gasteiger partial charge >= 0.3 is 5.97 Å². The van der Waals surface area contributed by atoms with Gasteiger partial charge in [-0.15, -0.1) is 5.53 Å². The summed E-state index contributed by atoms with van der Waals surface area (Å²) < 4.78 is 0. The number of carbonyl (C=O) groups is 1. The maximum Gasteiger partial charge on any atom is 0.323 e. The SMILES string of the molecule is CC(=O)ONNNN. The Hall–Kier alpha value is -0.690. The molecule has 48 valence electrons. The Kier molecular flexibility index (Phi) is 4.08. The number of nitrogens with one attached hydrogen (secondary N) is 3. The molecular formula is C2H8N4O2. The maximum absolute atomic E-state index is 9.93. The van der Waals surface area contributed by atoms with Crippen molar-refractivity contribution in [2.45, 2.75) is 6.92 Å². The number of nitrogens with two attached hydrogens (primary N) is 1. The minimum absolute atomic E-state index is 0.451. The van der Waals surface area contributed by atoms with Gasteiger partial charge in [0.25, 0.3) is 0 Å². The normalized spacial score (nSPS) is 8.75. The van der Waals surface area contributed by atoms with Crippen molar-refractivity contribution in [3.63, 3.8) is 0 Å². The summed E-state index contributed by atoms with van der Waals surface area (Å²) in [6, 6.07) is 0. The van der Waals surface area contributed by atoms with Crippen molar-refractivity contribution >= 4 is 5.97 Å². The smallest absolute Gasteiger partial charge is 0.323 e. The molecule has 6 heteroatoms. The summed E-state index contributed by atoms with van der Waals surface area (Å²) in [5.74, 6) is 4.25. The van der Waals surface area contributed by atoms with Crippen molar-refractivity contribution in [1.29, 1.82) is 0 Å². The average Bonchev–Trinajstić information content (AvgIpc) is 1.66. The van der Waals surface area contributed by atoms with Crippen molar-refractivity contribution in [2.75, 3.05) is 0 Å². The molecule has 0 saturated carbocycles. The highest BCUT2D eigenvalue weighted by Crippen LogP contribution is 1.60. The fourth-order valence-corrected chi connectivity index (χ4v) is 0.127. The monoisotopic (exact) mass is 120 g/mol. The molecule has 0 aromatic rings. The number of hydrazine groups is 3. The summed E-state index contributed by atoms with van der Waals surface area (Å²) >= 11 is 0. The molecule has 0 heterocycles.